The van der Waals surface area contributed by atoms with Crippen LogP contribution in [0.25, 0.3) is 16.6 Å². The van der Waals surface area contributed by atoms with Gasteiger partial charge in [-0.1, -0.05) is 12.1 Å². The number of carbonyl (C=O) groups excluding carboxylic acids is 1. The van der Waals surface area contributed by atoms with Gasteiger partial charge in [-0.3, -0.25) is 14.9 Å². The zero-order valence-electron chi connectivity index (χ0n) is 14.6. The van der Waals surface area contributed by atoms with Crippen LogP contribution in [-0.4, -0.2) is 26.6 Å². The lowest BCUT2D eigenvalue weighted by Gasteiger charge is -2.06. The van der Waals surface area contributed by atoms with Gasteiger partial charge in [0, 0.05) is 35.6 Å². The molecular weight excluding hydrogens is 358 g/mol. The predicted octanol–water partition coefficient (Wildman–Crippen LogP) is 3.63. The second-order valence-electron chi connectivity index (χ2n) is 6.02. The van der Waals surface area contributed by atoms with Crippen LogP contribution in [0.15, 0.2) is 78.2 Å². The predicted molar refractivity (Wildman–Crippen MR) is 106 cm³/mol. The molecule has 0 spiro atoms. The van der Waals surface area contributed by atoms with Crippen molar-refractivity contribution in [2.45, 2.75) is 0 Å². The molecule has 0 radical (unpaired) electrons. The summed E-state index contributed by atoms with van der Waals surface area (Å²) < 4.78 is 1.81. The molecule has 2 heterocycles. The molecule has 4 rings (SSSR count). The number of hydrazone groups is 1. The van der Waals surface area contributed by atoms with Crippen LogP contribution >= 0.6 is 0 Å². The van der Waals surface area contributed by atoms with Crippen molar-refractivity contribution < 1.29 is 9.72 Å². The number of benzene rings is 2. The number of carbonyl (C=O) groups is 1. The molecule has 0 aliphatic carbocycles. The van der Waals surface area contributed by atoms with E-state index < -0.39 is 4.92 Å². The summed E-state index contributed by atoms with van der Waals surface area (Å²) >= 11 is 0. The van der Waals surface area contributed by atoms with Gasteiger partial charge >= 0.3 is 0 Å². The number of para-hydroxylation sites is 1. The van der Waals surface area contributed by atoms with Crippen molar-refractivity contribution in [1.82, 2.24) is 15.0 Å². The minimum Gasteiger partial charge on any atom is -0.361 e. The number of hydrogen-bond acceptors (Lipinski definition) is 4. The highest BCUT2D eigenvalue weighted by Crippen LogP contribution is 2.18. The lowest BCUT2D eigenvalue weighted by molar-refractivity contribution is -0.384. The molecule has 1 amide bonds. The highest BCUT2D eigenvalue weighted by atomic mass is 16.6. The van der Waals surface area contributed by atoms with Gasteiger partial charge in [0.25, 0.3) is 11.6 Å². The van der Waals surface area contributed by atoms with Crippen molar-refractivity contribution in [3.63, 3.8) is 0 Å². The van der Waals surface area contributed by atoms with Crippen LogP contribution in [0.3, 0.4) is 0 Å². The van der Waals surface area contributed by atoms with Gasteiger partial charge < -0.3 is 9.55 Å². The van der Waals surface area contributed by atoms with Crippen molar-refractivity contribution in [1.29, 1.82) is 0 Å². The van der Waals surface area contributed by atoms with Gasteiger partial charge in [0.05, 0.1) is 27.9 Å². The molecule has 8 heteroatoms. The topological polar surface area (TPSA) is 105 Å². The van der Waals surface area contributed by atoms with Gasteiger partial charge in [-0.2, -0.15) is 5.10 Å². The Morgan fingerprint density at radius 3 is 2.71 bits per heavy atom. The van der Waals surface area contributed by atoms with Gasteiger partial charge in [0.1, 0.15) is 0 Å². The Kier molecular flexibility index (Phi) is 4.43. The molecule has 0 fully saturated rings. The monoisotopic (exact) mass is 373 g/mol. The van der Waals surface area contributed by atoms with E-state index in [1.807, 2.05) is 41.1 Å². The summed E-state index contributed by atoms with van der Waals surface area (Å²) in [5.41, 5.74) is 5.28. The number of fused-ring (bicyclic) bond motifs is 1. The summed E-state index contributed by atoms with van der Waals surface area (Å²) in [6.07, 6.45) is 5.11. The first-order valence-corrected chi connectivity index (χ1v) is 8.45. The first kappa shape index (κ1) is 17.2. The lowest BCUT2D eigenvalue weighted by Crippen LogP contribution is -2.18. The van der Waals surface area contributed by atoms with Crippen LogP contribution in [0.5, 0.6) is 0 Å². The zero-order valence-corrected chi connectivity index (χ0v) is 14.6. The Bertz CT molecular complexity index is 1190. The molecule has 0 saturated heterocycles. The Hall–Kier alpha value is -4.20. The number of non-ortho nitro benzene ring substituents is 1. The minimum absolute atomic E-state index is 0.0249. The fraction of sp³-hybridized carbons (Fsp3) is 0. The fourth-order valence-electron chi connectivity index (χ4n) is 2.96. The van der Waals surface area contributed by atoms with Crippen LogP contribution in [0.2, 0.25) is 0 Å². The van der Waals surface area contributed by atoms with Crippen molar-refractivity contribution in [3.8, 4) is 5.69 Å². The molecule has 2 N–H and O–H groups in total. The molecule has 0 saturated carbocycles. The van der Waals surface area contributed by atoms with Crippen LogP contribution in [0.4, 0.5) is 5.69 Å². The van der Waals surface area contributed by atoms with E-state index in [1.54, 1.807) is 24.4 Å². The average Bonchev–Trinajstić information content (AvgIpc) is 3.37. The largest absolute Gasteiger partial charge is 0.361 e. The summed E-state index contributed by atoms with van der Waals surface area (Å²) in [7, 11) is 0. The number of aromatic nitrogens is 2. The maximum Gasteiger partial charge on any atom is 0.273 e. The van der Waals surface area contributed by atoms with E-state index in [0.717, 1.165) is 16.6 Å². The maximum atomic E-state index is 12.4. The number of nitro groups is 1. The van der Waals surface area contributed by atoms with Gasteiger partial charge in [-0.25, -0.2) is 5.43 Å². The van der Waals surface area contributed by atoms with Crippen molar-refractivity contribution in [2.75, 3.05) is 0 Å². The number of nitro benzene ring substituents is 1. The Labute approximate surface area is 159 Å². The zero-order chi connectivity index (χ0) is 19.5. The number of amides is 1. The third-order valence-corrected chi connectivity index (χ3v) is 4.31. The molecule has 0 atom stereocenters. The van der Waals surface area contributed by atoms with E-state index in [-0.39, 0.29) is 11.6 Å². The highest BCUT2D eigenvalue weighted by Gasteiger charge is 2.10. The standard InChI is InChI=1S/C20H15N5O3/c26-20(18-5-1-3-14-10-11-21-19(14)18)23-22-13-17-4-2-12-24(17)15-6-8-16(9-7-15)25(27)28/h1-13,21H,(H,23,26). The van der Waals surface area contributed by atoms with E-state index in [9.17, 15) is 14.9 Å². The molecular formula is C20H15N5O3. The molecule has 2 aromatic carbocycles. The average molecular weight is 373 g/mol. The molecule has 0 unspecified atom stereocenters. The number of rotatable bonds is 5. The second kappa shape index (κ2) is 7.20. The Morgan fingerprint density at radius 1 is 1.11 bits per heavy atom. The number of nitrogens with zero attached hydrogens (tertiary/aromatic N) is 3. The molecule has 0 aliphatic rings. The number of aromatic amines is 1. The van der Waals surface area contributed by atoms with E-state index in [2.05, 4.69) is 15.5 Å². The number of hydrogen-bond donors (Lipinski definition) is 2. The van der Waals surface area contributed by atoms with Crippen molar-refractivity contribution >= 4 is 28.7 Å². The van der Waals surface area contributed by atoms with Gasteiger partial charge in [-0.05, 0) is 36.4 Å². The summed E-state index contributed by atoms with van der Waals surface area (Å²) in [5.74, 6) is -0.322. The van der Waals surface area contributed by atoms with E-state index in [1.165, 1.54) is 18.3 Å². The first-order valence-electron chi connectivity index (χ1n) is 8.45. The maximum absolute atomic E-state index is 12.4. The first-order chi connectivity index (χ1) is 13.6. The van der Waals surface area contributed by atoms with E-state index >= 15 is 0 Å². The fourth-order valence-corrected chi connectivity index (χ4v) is 2.96. The van der Waals surface area contributed by atoms with Crippen LogP contribution in [0.1, 0.15) is 16.1 Å². The van der Waals surface area contributed by atoms with Gasteiger partial charge in [-0.15, -0.1) is 0 Å². The smallest absolute Gasteiger partial charge is 0.273 e. The SMILES string of the molecule is O=C(NN=Cc1cccn1-c1ccc([N+](=O)[O-])cc1)c1cccc2cc[nH]c12. The van der Waals surface area contributed by atoms with Crippen LogP contribution < -0.4 is 5.43 Å². The molecule has 0 aliphatic heterocycles. The number of H-pyrrole nitrogens is 1. The lowest BCUT2D eigenvalue weighted by atomic mass is 10.1. The van der Waals surface area contributed by atoms with Gasteiger partial charge in [0.2, 0.25) is 0 Å². The third-order valence-electron chi connectivity index (χ3n) is 4.31. The van der Waals surface area contributed by atoms with Crippen LogP contribution in [-0.2, 0) is 0 Å². The quantitative estimate of drug-likeness (QED) is 0.317. The minimum atomic E-state index is -0.442. The molecule has 138 valence electrons. The summed E-state index contributed by atoms with van der Waals surface area (Å²) in [6, 6.07) is 17.2. The number of nitrogens with one attached hydrogen (secondary N) is 2. The van der Waals surface area contributed by atoms with E-state index in [0.29, 0.717) is 11.3 Å². The molecule has 2 aromatic heterocycles. The Balaban J connectivity index is 1.52. The van der Waals surface area contributed by atoms with Crippen molar-refractivity contribution in [3.05, 3.63) is 94.4 Å². The van der Waals surface area contributed by atoms with Crippen LogP contribution in [0, 0.1) is 10.1 Å². The molecule has 4 aromatic rings. The van der Waals surface area contributed by atoms with E-state index in [4.69, 9.17) is 0 Å². The highest BCUT2D eigenvalue weighted by molar-refractivity contribution is 6.05. The molecule has 8 nitrogen and oxygen atoms in total. The van der Waals surface area contributed by atoms with Crippen molar-refractivity contribution in [2.24, 2.45) is 5.10 Å². The summed E-state index contributed by atoms with van der Waals surface area (Å²) in [4.78, 5) is 25.8. The summed E-state index contributed by atoms with van der Waals surface area (Å²) in [5, 5.41) is 15.8. The summed E-state index contributed by atoms with van der Waals surface area (Å²) in [6.45, 7) is 0. The molecule has 0 bridgehead atoms. The third kappa shape index (κ3) is 3.26. The van der Waals surface area contributed by atoms with Gasteiger partial charge in [0.15, 0.2) is 0 Å². The molecule has 28 heavy (non-hydrogen) atoms. The Morgan fingerprint density at radius 2 is 1.93 bits per heavy atom. The second-order valence-corrected chi connectivity index (χ2v) is 6.02. The normalized spacial score (nSPS) is 11.1.